The number of benzene rings is 1. The molecule has 1 aromatic carbocycles. The number of ether oxygens (including phenoxy) is 2. The second-order valence-electron chi connectivity index (χ2n) is 5.29. The summed E-state index contributed by atoms with van der Waals surface area (Å²) < 4.78 is 10.6. The van der Waals surface area contributed by atoms with Gasteiger partial charge in [0.05, 0.1) is 26.3 Å². The molecule has 2 heterocycles. The lowest BCUT2D eigenvalue weighted by Gasteiger charge is -2.08. The number of anilines is 1. The lowest BCUT2D eigenvalue weighted by atomic mass is 10.2. The molecule has 9 heteroatoms. The van der Waals surface area contributed by atoms with Gasteiger partial charge in [-0.2, -0.15) is 0 Å². The van der Waals surface area contributed by atoms with Crippen LogP contribution in [0.25, 0.3) is 10.6 Å². The van der Waals surface area contributed by atoms with Crippen LogP contribution in [0.4, 0.5) is 5.13 Å². The predicted octanol–water partition coefficient (Wildman–Crippen LogP) is 3.42. The summed E-state index contributed by atoms with van der Waals surface area (Å²) in [4.78, 5) is 16.7. The molecule has 26 heavy (non-hydrogen) atoms. The zero-order valence-electron chi connectivity index (χ0n) is 14.6. The molecule has 1 amide bonds. The number of nitrogens with one attached hydrogen (secondary N) is 1. The highest BCUT2D eigenvalue weighted by atomic mass is 32.1. The summed E-state index contributed by atoms with van der Waals surface area (Å²) in [7, 11) is 3.19. The first-order valence-electron chi connectivity index (χ1n) is 7.92. The van der Waals surface area contributed by atoms with E-state index in [1.165, 1.54) is 22.7 Å². The first-order valence-corrected chi connectivity index (χ1v) is 9.61. The van der Waals surface area contributed by atoms with Crippen molar-refractivity contribution >= 4 is 33.7 Å². The third kappa shape index (κ3) is 4.17. The molecule has 3 rings (SSSR count). The summed E-state index contributed by atoms with van der Waals surface area (Å²) in [6.07, 6.45) is 0.985. The van der Waals surface area contributed by atoms with Gasteiger partial charge in [-0.25, -0.2) is 4.98 Å². The fraction of sp³-hybridized carbons (Fsp3) is 0.294. The Kier molecular flexibility index (Phi) is 5.79. The summed E-state index contributed by atoms with van der Waals surface area (Å²) in [6, 6.07) is 5.62. The third-order valence-corrected chi connectivity index (χ3v) is 5.46. The first kappa shape index (κ1) is 18.3. The summed E-state index contributed by atoms with van der Waals surface area (Å²) >= 11 is 2.86. The van der Waals surface area contributed by atoms with Gasteiger partial charge in [-0.3, -0.25) is 4.79 Å². The van der Waals surface area contributed by atoms with E-state index in [9.17, 15) is 4.79 Å². The second-order valence-corrected chi connectivity index (χ2v) is 7.21. The quantitative estimate of drug-likeness (QED) is 0.665. The van der Waals surface area contributed by atoms with E-state index in [1.54, 1.807) is 14.2 Å². The highest BCUT2D eigenvalue weighted by molar-refractivity contribution is 7.15. The number of carbonyl (C=O) groups excluding carboxylic acids is 1. The van der Waals surface area contributed by atoms with Gasteiger partial charge in [-0.1, -0.05) is 18.3 Å². The van der Waals surface area contributed by atoms with E-state index in [4.69, 9.17) is 9.47 Å². The standard InChI is InChI=1S/C17H18N4O3S2/c1-4-15-20-21-17(26-15)19-14(22)8-11-9-25-16(18-11)10-5-6-12(23-2)13(7-10)24-3/h5-7,9H,4,8H2,1-3H3,(H,19,21,22). The summed E-state index contributed by atoms with van der Waals surface area (Å²) in [5, 5.41) is 14.8. The van der Waals surface area contributed by atoms with Crippen molar-refractivity contribution in [1.29, 1.82) is 0 Å². The Labute approximate surface area is 159 Å². The van der Waals surface area contributed by atoms with Crippen LogP contribution in [0, 0.1) is 0 Å². The van der Waals surface area contributed by atoms with Gasteiger partial charge in [-0.05, 0) is 24.6 Å². The SMILES string of the molecule is CCc1nnc(NC(=O)Cc2csc(-c3ccc(OC)c(OC)c3)n2)s1. The molecule has 0 spiro atoms. The zero-order valence-corrected chi connectivity index (χ0v) is 16.2. The van der Waals surface area contributed by atoms with Gasteiger partial charge < -0.3 is 14.8 Å². The molecule has 0 unspecified atom stereocenters. The largest absolute Gasteiger partial charge is 0.493 e. The Morgan fingerprint density at radius 2 is 2.00 bits per heavy atom. The fourth-order valence-electron chi connectivity index (χ4n) is 2.26. The minimum Gasteiger partial charge on any atom is -0.493 e. The number of thiazole rings is 1. The highest BCUT2D eigenvalue weighted by Crippen LogP contribution is 2.33. The molecule has 0 aliphatic carbocycles. The molecule has 0 saturated carbocycles. The van der Waals surface area contributed by atoms with E-state index >= 15 is 0 Å². The van der Waals surface area contributed by atoms with E-state index in [-0.39, 0.29) is 12.3 Å². The molecule has 7 nitrogen and oxygen atoms in total. The molecular formula is C17H18N4O3S2. The third-order valence-electron chi connectivity index (χ3n) is 3.54. The maximum Gasteiger partial charge on any atom is 0.232 e. The molecule has 136 valence electrons. The molecule has 0 saturated heterocycles. The first-order chi connectivity index (χ1) is 12.6. The van der Waals surface area contributed by atoms with Gasteiger partial charge in [-0.15, -0.1) is 21.5 Å². The van der Waals surface area contributed by atoms with Crippen molar-refractivity contribution in [3.8, 4) is 22.1 Å². The van der Waals surface area contributed by atoms with Gasteiger partial charge in [0.2, 0.25) is 11.0 Å². The van der Waals surface area contributed by atoms with Crippen molar-refractivity contribution in [1.82, 2.24) is 15.2 Å². The lowest BCUT2D eigenvalue weighted by molar-refractivity contribution is -0.115. The second kappa shape index (κ2) is 8.24. The Morgan fingerprint density at radius 3 is 2.69 bits per heavy atom. The van der Waals surface area contributed by atoms with Crippen LogP contribution in [-0.4, -0.2) is 35.3 Å². The number of rotatable bonds is 7. The fourth-order valence-corrected chi connectivity index (χ4v) is 3.78. The summed E-state index contributed by atoms with van der Waals surface area (Å²) in [5.74, 6) is 1.14. The number of carbonyl (C=O) groups is 1. The van der Waals surface area contributed by atoms with Gasteiger partial charge in [0.1, 0.15) is 10.0 Å². The van der Waals surface area contributed by atoms with Crippen LogP contribution < -0.4 is 14.8 Å². The molecule has 0 fully saturated rings. The van der Waals surface area contributed by atoms with Crippen LogP contribution in [0.2, 0.25) is 0 Å². The molecule has 1 N–H and O–H groups in total. The van der Waals surface area contributed by atoms with Gasteiger partial charge >= 0.3 is 0 Å². The van der Waals surface area contributed by atoms with Crippen molar-refractivity contribution in [2.24, 2.45) is 0 Å². The van der Waals surface area contributed by atoms with E-state index in [1.807, 2.05) is 30.5 Å². The number of hydrogen-bond acceptors (Lipinski definition) is 8. The van der Waals surface area contributed by atoms with Crippen molar-refractivity contribution in [2.45, 2.75) is 19.8 Å². The van der Waals surface area contributed by atoms with Gasteiger partial charge in [0, 0.05) is 10.9 Å². The number of nitrogens with zero attached hydrogens (tertiary/aromatic N) is 3. The van der Waals surface area contributed by atoms with E-state index < -0.39 is 0 Å². The zero-order chi connectivity index (χ0) is 18.5. The van der Waals surface area contributed by atoms with E-state index in [2.05, 4.69) is 20.5 Å². The maximum atomic E-state index is 12.2. The van der Waals surface area contributed by atoms with E-state index in [0.717, 1.165) is 22.0 Å². The number of methoxy groups -OCH3 is 2. The molecule has 0 atom stereocenters. The Morgan fingerprint density at radius 1 is 1.19 bits per heavy atom. The molecule has 0 aliphatic rings. The highest BCUT2D eigenvalue weighted by Gasteiger charge is 2.13. The summed E-state index contributed by atoms with van der Waals surface area (Å²) in [5.41, 5.74) is 1.62. The van der Waals surface area contributed by atoms with Crippen LogP contribution in [0.1, 0.15) is 17.6 Å². The predicted molar refractivity (Wildman–Crippen MR) is 102 cm³/mol. The van der Waals surface area contributed by atoms with Crippen molar-refractivity contribution in [3.05, 3.63) is 34.3 Å². The maximum absolute atomic E-state index is 12.2. The molecule has 0 bridgehead atoms. The molecule has 0 aliphatic heterocycles. The normalized spacial score (nSPS) is 10.6. The summed E-state index contributed by atoms with van der Waals surface area (Å²) in [6.45, 7) is 2.00. The number of aryl methyl sites for hydroxylation is 1. The van der Waals surface area contributed by atoms with Crippen molar-refractivity contribution in [3.63, 3.8) is 0 Å². The molecule has 0 radical (unpaired) electrons. The Bertz CT molecular complexity index is 907. The number of aromatic nitrogens is 3. The topological polar surface area (TPSA) is 86.2 Å². The molecule has 3 aromatic rings. The number of hydrogen-bond donors (Lipinski definition) is 1. The minimum atomic E-state index is -0.159. The minimum absolute atomic E-state index is 0.159. The van der Waals surface area contributed by atoms with Crippen LogP contribution in [0.15, 0.2) is 23.6 Å². The molecular weight excluding hydrogens is 372 g/mol. The average molecular weight is 390 g/mol. The number of amides is 1. The van der Waals surface area contributed by atoms with Crippen LogP contribution in [-0.2, 0) is 17.6 Å². The van der Waals surface area contributed by atoms with E-state index in [0.29, 0.717) is 22.3 Å². The monoisotopic (exact) mass is 390 g/mol. The van der Waals surface area contributed by atoms with Crippen molar-refractivity contribution < 1.29 is 14.3 Å². The van der Waals surface area contributed by atoms with Crippen LogP contribution in [0.5, 0.6) is 11.5 Å². The lowest BCUT2D eigenvalue weighted by Crippen LogP contribution is -2.14. The Balaban J connectivity index is 1.68. The molecule has 2 aromatic heterocycles. The van der Waals surface area contributed by atoms with Crippen LogP contribution in [0.3, 0.4) is 0 Å². The van der Waals surface area contributed by atoms with Crippen LogP contribution >= 0.6 is 22.7 Å². The Hall–Kier alpha value is -2.52. The van der Waals surface area contributed by atoms with Gasteiger partial charge in [0.15, 0.2) is 11.5 Å². The smallest absolute Gasteiger partial charge is 0.232 e. The van der Waals surface area contributed by atoms with Gasteiger partial charge in [0.25, 0.3) is 0 Å². The average Bonchev–Trinajstić information content (AvgIpc) is 3.30. The van der Waals surface area contributed by atoms with Crippen molar-refractivity contribution in [2.75, 3.05) is 19.5 Å².